The van der Waals surface area contributed by atoms with Crippen LogP contribution in [0.5, 0.6) is 11.6 Å². The number of nitrogens with zero attached hydrogens (tertiary/aromatic N) is 2. The maximum absolute atomic E-state index is 5.83. The largest absolute Gasteiger partial charge is 0.439 e. The maximum atomic E-state index is 5.83. The first-order valence-electron chi connectivity index (χ1n) is 5.91. The number of aryl methyl sites for hydroxylation is 2. The number of rotatable bonds is 4. The number of benzene rings is 1. The molecule has 0 saturated heterocycles. The molecule has 0 radical (unpaired) electrons. The van der Waals surface area contributed by atoms with Crippen LogP contribution in [0.4, 0.5) is 0 Å². The highest BCUT2D eigenvalue weighted by Crippen LogP contribution is 2.24. The van der Waals surface area contributed by atoms with Gasteiger partial charge in [-0.25, -0.2) is 4.98 Å². The molecule has 4 nitrogen and oxygen atoms in total. The Morgan fingerprint density at radius 1 is 1.17 bits per heavy atom. The van der Waals surface area contributed by atoms with Crippen molar-refractivity contribution >= 4 is 0 Å². The van der Waals surface area contributed by atoms with Crippen molar-refractivity contribution in [1.82, 2.24) is 15.3 Å². The molecule has 0 unspecified atom stereocenters. The van der Waals surface area contributed by atoms with Gasteiger partial charge in [0, 0.05) is 23.9 Å². The second-order valence-corrected chi connectivity index (χ2v) is 4.13. The highest BCUT2D eigenvalue weighted by molar-refractivity contribution is 5.36. The molecule has 0 aliphatic rings. The van der Waals surface area contributed by atoms with Gasteiger partial charge in [-0.15, -0.1) is 0 Å². The number of para-hydroxylation sites is 1. The summed E-state index contributed by atoms with van der Waals surface area (Å²) in [6, 6.07) is 9.76. The van der Waals surface area contributed by atoms with Gasteiger partial charge in [-0.1, -0.05) is 18.2 Å². The van der Waals surface area contributed by atoms with E-state index in [2.05, 4.69) is 15.3 Å². The summed E-state index contributed by atoms with van der Waals surface area (Å²) >= 11 is 0. The summed E-state index contributed by atoms with van der Waals surface area (Å²) in [4.78, 5) is 8.51. The van der Waals surface area contributed by atoms with E-state index in [1.165, 1.54) is 0 Å². The Morgan fingerprint density at radius 2 is 1.94 bits per heavy atom. The summed E-state index contributed by atoms with van der Waals surface area (Å²) in [5, 5.41) is 3.12. The average molecular weight is 243 g/mol. The van der Waals surface area contributed by atoms with Crippen molar-refractivity contribution in [3.8, 4) is 11.6 Å². The van der Waals surface area contributed by atoms with Crippen LogP contribution in [-0.2, 0) is 6.54 Å². The molecule has 0 bridgehead atoms. The third kappa shape index (κ3) is 3.05. The van der Waals surface area contributed by atoms with E-state index in [0.717, 1.165) is 29.4 Å². The topological polar surface area (TPSA) is 47.0 Å². The number of hydrogen-bond donors (Lipinski definition) is 1. The monoisotopic (exact) mass is 243 g/mol. The molecule has 4 heteroatoms. The van der Waals surface area contributed by atoms with Crippen molar-refractivity contribution in [3.63, 3.8) is 0 Å². The molecule has 1 aromatic carbocycles. The summed E-state index contributed by atoms with van der Waals surface area (Å²) < 4.78 is 5.83. The zero-order valence-electron chi connectivity index (χ0n) is 10.9. The Balaban J connectivity index is 2.27. The second kappa shape index (κ2) is 5.60. The van der Waals surface area contributed by atoms with E-state index in [9.17, 15) is 0 Å². The molecule has 1 aromatic heterocycles. The molecule has 94 valence electrons. The van der Waals surface area contributed by atoms with Crippen LogP contribution in [-0.4, -0.2) is 17.0 Å². The van der Waals surface area contributed by atoms with Crippen LogP contribution in [0.25, 0.3) is 0 Å². The Hall–Kier alpha value is -1.94. The SMILES string of the molecule is CNCc1ccccc1Oc1cc(C)nc(C)n1. The second-order valence-electron chi connectivity index (χ2n) is 4.13. The van der Waals surface area contributed by atoms with Crippen LogP contribution >= 0.6 is 0 Å². The van der Waals surface area contributed by atoms with E-state index in [1.54, 1.807) is 0 Å². The minimum atomic E-state index is 0.587. The highest BCUT2D eigenvalue weighted by atomic mass is 16.5. The van der Waals surface area contributed by atoms with Crippen molar-refractivity contribution in [2.75, 3.05) is 7.05 Å². The normalized spacial score (nSPS) is 10.4. The van der Waals surface area contributed by atoms with Crippen LogP contribution in [0.1, 0.15) is 17.1 Å². The smallest absolute Gasteiger partial charge is 0.222 e. The molecular weight excluding hydrogens is 226 g/mol. The molecule has 18 heavy (non-hydrogen) atoms. The van der Waals surface area contributed by atoms with E-state index in [4.69, 9.17) is 4.74 Å². The van der Waals surface area contributed by atoms with Gasteiger partial charge >= 0.3 is 0 Å². The molecule has 1 heterocycles. The fourth-order valence-electron chi connectivity index (χ4n) is 1.79. The lowest BCUT2D eigenvalue weighted by molar-refractivity contribution is 0.452. The molecule has 0 aliphatic carbocycles. The van der Waals surface area contributed by atoms with Crippen LogP contribution < -0.4 is 10.1 Å². The number of aromatic nitrogens is 2. The van der Waals surface area contributed by atoms with Crippen molar-refractivity contribution in [2.45, 2.75) is 20.4 Å². The summed E-state index contributed by atoms with van der Waals surface area (Å²) in [5.41, 5.74) is 2.01. The number of nitrogens with one attached hydrogen (secondary N) is 1. The molecule has 0 aliphatic heterocycles. The number of hydrogen-bond acceptors (Lipinski definition) is 4. The molecule has 0 spiro atoms. The first-order valence-corrected chi connectivity index (χ1v) is 5.91. The maximum Gasteiger partial charge on any atom is 0.222 e. The molecule has 0 saturated carbocycles. The molecule has 2 aromatic rings. The van der Waals surface area contributed by atoms with Crippen LogP contribution in [0.2, 0.25) is 0 Å². The summed E-state index contributed by atoms with van der Waals surface area (Å²) in [7, 11) is 1.91. The van der Waals surface area contributed by atoms with Crippen LogP contribution in [0.15, 0.2) is 30.3 Å². The average Bonchev–Trinajstić information content (AvgIpc) is 2.30. The number of ether oxygens (including phenoxy) is 1. The molecule has 0 atom stereocenters. The predicted molar refractivity (Wildman–Crippen MR) is 70.8 cm³/mol. The first kappa shape index (κ1) is 12.5. The quantitative estimate of drug-likeness (QED) is 0.896. The lowest BCUT2D eigenvalue weighted by atomic mass is 10.2. The van der Waals surface area contributed by atoms with Crippen molar-refractivity contribution in [2.24, 2.45) is 0 Å². The van der Waals surface area contributed by atoms with Gasteiger partial charge in [-0.2, -0.15) is 4.98 Å². The summed E-state index contributed by atoms with van der Waals surface area (Å²) in [5.74, 6) is 2.13. The van der Waals surface area contributed by atoms with E-state index in [-0.39, 0.29) is 0 Å². The molecule has 1 N–H and O–H groups in total. The third-order valence-electron chi connectivity index (χ3n) is 2.50. The third-order valence-corrected chi connectivity index (χ3v) is 2.50. The van der Waals surface area contributed by atoms with Crippen LogP contribution in [0.3, 0.4) is 0 Å². The van der Waals surface area contributed by atoms with Crippen molar-refractivity contribution in [3.05, 3.63) is 47.4 Å². The van der Waals surface area contributed by atoms with Crippen molar-refractivity contribution in [1.29, 1.82) is 0 Å². The minimum absolute atomic E-state index is 0.587. The zero-order valence-corrected chi connectivity index (χ0v) is 10.9. The van der Waals surface area contributed by atoms with Gasteiger partial charge in [0.25, 0.3) is 0 Å². The van der Waals surface area contributed by atoms with Gasteiger partial charge in [-0.3, -0.25) is 0 Å². The predicted octanol–water partition coefficient (Wildman–Crippen LogP) is 2.61. The Morgan fingerprint density at radius 3 is 2.67 bits per heavy atom. The fourth-order valence-corrected chi connectivity index (χ4v) is 1.79. The van der Waals surface area contributed by atoms with E-state index < -0.39 is 0 Å². The molecule has 2 rings (SSSR count). The molecular formula is C14H17N3O. The lowest BCUT2D eigenvalue weighted by Gasteiger charge is -2.10. The zero-order chi connectivity index (χ0) is 13.0. The lowest BCUT2D eigenvalue weighted by Crippen LogP contribution is -2.06. The van der Waals surface area contributed by atoms with Gasteiger partial charge in [0.15, 0.2) is 0 Å². The van der Waals surface area contributed by atoms with Gasteiger partial charge in [0.1, 0.15) is 11.6 Å². The Labute approximate surface area is 107 Å². The van der Waals surface area contributed by atoms with E-state index >= 15 is 0 Å². The molecule has 0 amide bonds. The van der Waals surface area contributed by atoms with E-state index in [1.807, 2.05) is 51.2 Å². The minimum Gasteiger partial charge on any atom is -0.439 e. The first-order chi connectivity index (χ1) is 8.69. The summed E-state index contributed by atoms with van der Waals surface area (Å²) in [6.07, 6.45) is 0. The Kier molecular flexibility index (Phi) is 3.89. The van der Waals surface area contributed by atoms with E-state index in [0.29, 0.717) is 5.88 Å². The van der Waals surface area contributed by atoms with Gasteiger partial charge in [-0.05, 0) is 27.0 Å². The highest BCUT2D eigenvalue weighted by Gasteiger charge is 2.05. The summed E-state index contributed by atoms with van der Waals surface area (Å²) in [6.45, 7) is 4.56. The van der Waals surface area contributed by atoms with Gasteiger partial charge in [0.05, 0.1) is 0 Å². The van der Waals surface area contributed by atoms with Gasteiger partial charge in [0.2, 0.25) is 5.88 Å². The standard InChI is InChI=1S/C14H17N3O/c1-10-8-14(17-11(2)16-10)18-13-7-5-4-6-12(13)9-15-3/h4-8,15H,9H2,1-3H3. The molecule has 0 fully saturated rings. The van der Waals surface area contributed by atoms with Crippen LogP contribution in [0, 0.1) is 13.8 Å². The van der Waals surface area contributed by atoms with Gasteiger partial charge < -0.3 is 10.1 Å². The Bertz CT molecular complexity index is 520. The van der Waals surface area contributed by atoms with Crippen molar-refractivity contribution < 1.29 is 4.74 Å². The fraction of sp³-hybridized carbons (Fsp3) is 0.286.